The highest BCUT2D eigenvalue weighted by molar-refractivity contribution is 5.93. The van der Waals surface area contributed by atoms with Crippen molar-refractivity contribution in [1.29, 1.82) is 0 Å². The van der Waals surface area contributed by atoms with E-state index in [1.165, 1.54) is 5.56 Å². The third kappa shape index (κ3) is 4.77. The average molecular weight is 435 g/mol. The number of ether oxygens (including phenoxy) is 1. The van der Waals surface area contributed by atoms with Crippen LogP contribution in [-0.4, -0.2) is 59.6 Å². The maximum atomic E-state index is 13.0. The molecule has 0 unspecified atom stereocenters. The molecule has 1 fully saturated rings. The topological polar surface area (TPSA) is 67.7 Å². The predicted molar refractivity (Wildman–Crippen MR) is 125 cm³/mol. The minimum absolute atomic E-state index is 0.000217. The summed E-state index contributed by atoms with van der Waals surface area (Å²) in [6, 6.07) is 16.6. The second kappa shape index (κ2) is 9.85. The molecular formula is C25H30N4O3. The molecule has 1 aliphatic rings. The second-order valence-corrected chi connectivity index (χ2v) is 8.19. The maximum Gasteiger partial charge on any atom is 0.304 e. The van der Waals surface area contributed by atoms with Crippen LogP contribution in [0.3, 0.4) is 0 Å². The van der Waals surface area contributed by atoms with Crippen LogP contribution in [0.15, 0.2) is 48.5 Å². The van der Waals surface area contributed by atoms with E-state index in [0.29, 0.717) is 25.5 Å². The summed E-state index contributed by atoms with van der Waals surface area (Å²) in [5.41, 5.74) is 3.85. The third-order valence-corrected chi connectivity index (χ3v) is 6.08. The van der Waals surface area contributed by atoms with E-state index in [4.69, 9.17) is 4.74 Å². The number of anilines is 1. The average Bonchev–Trinajstić information content (AvgIpc) is 3.20. The molecule has 1 aromatic heterocycles. The van der Waals surface area contributed by atoms with Gasteiger partial charge in [-0.05, 0) is 43.0 Å². The molecule has 3 aromatic rings. The van der Waals surface area contributed by atoms with Crippen LogP contribution < -0.4 is 9.64 Å². The fraction of sp³-hybridized carbons (Fsp3) is 0.400. The van der Waals surface area contributed by atoms with E-state index in [1.54, 1.807) is 18.6 Å². The highest BCUT2D eigenvalue weighted by Crippen LogP contribution is 2.27. The number of rotatable bonds is 7. The van der Waals surface area contributed by atoms with Crippen LogP contribution >= 0.6 is 0 Å². The lowest BCUT2D eigenvalue weighted by molar-refractivity contribution is -0.129. The molecule has 0 atom stereocenters. The van der Waals surface area contributed by atoms with Crippen LogP contribution in [0.2, 0.25) is 0 Å². The maximum absolute atomic E-state index is 13.0. The minimum Gasteiger partial charge on any atom is -0.468 e. The summed E-state index contributed by atoms with van der Waals surface area (Å²) in [5.74, 6) is 0.117. The molecule has 0 N–H and O–H groups in total. The van der Waals surface area contributed by atoms with Gasteiger partial charge in [-0.2, -0.15) is 4.98 Å². The monoisotopic (exact) mass is 434 g/mol. The van der Waals surface area contributed by atoms with Gasteiger partial charge in [-0.15, -0.1) is 0 Å². The number of fused-ring (bicyclic) bond motifs is 1. The summed E-state index contributed by atoms with van der Waals surface area (Å²) >= 11 is 0. The molecule has 2 heterocycles. The number of methoxy groups -OCH3 is 1. The number of imidazole rings is 1. The molecule has 168 valence electrons. The van der Waals surface area contributed by atoms with E-state index >= 15 is 0 Å². The zero-order valence-electron chi connectivity index (χ0n) is 18.8. The Kier molecular flexibility index (Phi) is 6.73. The summed E-state index contributed by atoms with van der Waals surface area (Å²) in [6.07, 6.45) is 3.19. The summed E-state index contributed by atoms with van der Waals surface area (Å²) in [4.78, 5) is 33.2. The van der Waals surface area contributed by atoms with E-state index in [2.05, 4.69) is 22.0 Å². The van der Waals surface area contributed by atoms with Crippen molar-refractivity contribution in [1.82, 2.24) is 14.5 Å². The van der Waals surface area contributed by atoms with Crippen molar-refractivity contribution in [3.05, 3.63) is 54.1 Å². The molecule has 32 heavy (non-hydrogen) atoms. The smallest absolute Gasteiger partial charge is 0.304 e. The van der Waals surface area contributed by atoms with Crippen molar-refractivity contribution >= 4 is 28.5 Å². The van der Waals surface area contributed by atoms with Crippen molar-refractivity contribution in [2.75, 3.05) is 38.2 Å². The van der Waals surface area contributed by atoms with Gasteiger partial charge in [0.25, 0.3) is 0 Å². The number of amides is 1. The van der Waals surface area contributed by atoms with Crippen molar-refractivity contribution < 1.29 is 14.3 Å². The van der Waals surface area contributed by atoms with Crippen LogP contribution in [0.1, 0.15) is 36.5 Å². The fourth-order valence-electron chi connectivity index (χ4n) is 4.26. The van der Waals surface area contributed by atoms with Gasteiger partial charge < -0.3 is 14.5 Å². The minimum atomic E-state index is 0.000217. The number of carbonyl (C=O) groups is 2. The molecule has 0 aliphatic carbocycles. The van der Waals surface area contributed by atoms with Crippen molar-refractivity contribution in [3.8, 4) is 6.01 Å². The van der Waals surface area contributed by atoms with Gasteiger partial charge in [0.1, 0.15) is 0 Å². The Bertz CT molecular complexity index is 1090. The quantitative estimate of drug-likeness (QED) is 0.530. The van der Waals surface area contributed by atoms with Crippen LogP contribution in [0.4, 0.5) is 5.69 Å². The number of carbonyl (C=O) groups excluding carboxylic acids is 2. The fourth-order valence-corrected chi connectivity index (χ4v) is 4.26. The highest BCUT2D eigenvalue weighted by Gasteiger charge is 2.21. The predicted octanol–water partition coefficient (Wildman–Crippen LogP) is 3.77. The van der Waals surface area contributed by atoms with Crippen LogP contribution in [-0.2, 0) is 11.2 Å². The zero-order chi connectivity index (χ0) is 22.5. The molecule has 1 aliphatic heterocycles. The number of nitrogens with zero attached hydrogens (tertiary/aromatic N) is 4. The Labute approximate surface area is 188 Å². The number of hydrogen-bond donors (Lipinski definition) is 0. The Morgan fingerprint density at radius 1 is 1.00 bits per heavy atom. The molecule has 7 nitrogen and oxygen atoms in total. The highest BCUT2D eigenvalue weighted by atomic mass is 16.5. The van der Waals surface area contributed by atoms with Gasteiger partial charge in [-0.25, -0.2) is 4.57 Å². The molecule has 0 radical (unpaired) electrons. The number of aromatic nitrogens is 2. The van der Waals surface area contributed by atoms with E-state index in [-0.39, 0.29) is 11.8 Å². The second-order valence-electron chi connectivity index (χ2n) is 8.19. The lowest BCUT2D eigenvalue weighted by atomic mass is 10.1. The molecule has 1 amide bonds. The largest absolute Gasteiger partial charge is 0.468 e. The van der Waals surface area contributed by atoms with E-state index in [1.807, 2.05) is 41.3 Å². The van der Waals surface area contributed by atoms with Crippen LogP contribution in [0.5, 0.6) is 6.01 Å². The van der Waals surface area contributed by atoms with E-state index in [0.717, 1.165) is 49.1 Å². The van der Waals surface area contributed by atoms with Gasteiger partial charge in [0.2, 0.25) is 11.8 Å². The molecule has 0 spiro atoms. The number of piperazine rings is 1. The Morgan fingerprint density at radius 3 is 2.44 bits per heavy atom. The Balaban J connectivity index is 1.43. The van der Waals surface area contributed by atoms with Gasteiger partial charge in [-0.1, -0.05) is 30.3 Å². The SMILES string of the molecule is COc1nc2cc(N3CCN(C(C)=O)CC3)ccc2n1C(=O)CCCCc1ccccc1. The number of aryl methyl sites for hydroxylation is 1. The first-order valence-corrected chi connectivity index (χ1v) is 11.2. The molecule has 0 bridgehead atoms. The first-order valence-electron chi connectivity index (χ1n) is 11.2. The first-order chi connectivity index (χ1) is 15.6. The number of unbranched alkanes of at least 4 members (excludes halogenated alkanes) is 1. The van der Waals surface area contributed by atoms with Crippen LogP contribution in [0, 0.1) is 0 Å². The summed E-state index contributed by atoms with van der Waals surface area (Å²) < 4.78 is 7.02. The summed E-state index contributed by atoms with van der Waals surface area (Å²) in [7, 11) is 1.54. The van der Waals surface area contributed by atoms with Gasteiger partial charge in [0.05, 0.1) is 18.1 Å². The van der Waals surface area contributed by atoms with E-state index < -0.39 is 0 Å². The van der Waals surface area contributed by atoms with Crippen LogP contribution in [0.25, 0.3) is 11.0 Å². The standard InChI is InChI=1S/C25H30N4O3/c1-19(30)27-14-16-28(17-15-27)21-12-13-23-22(18-21)26-25(32-2)29(23)24(31)11-7-6-10-20-8-4-3-5-9-20/h3-5,8-9,12-13,18H,6-7,10-11,14-17H2,1-2H3. The van der Waals surface area contributed by atoms with Crippen molar-refractivity contribution in [3.63, 3.8) is 0 Å². The Hall–Kier alpha value is -3.35. The number of benzene rings is 2. The molecular weight excluding hydrogens is 404 g/mol. The van der Waals surface area contributed by atoms with Gasteiger partial charge in [0.15, 0.2) is 0 Å². The van der Waals surface area contributed by atoms with Gasteiger partial charge in [0, 0.05) is 45.2 Å². The van der Waals surface area contributed by atoms with Gasteiger partial charge in [-0.3, -0.25) is 9.59 Å². The number of hydrogen-bond acceptors (Lipinski definition) is 5. The van der Waals surface area contributed by atoms with E-state index in [9.17, 15) is 9.59 Å². The molecule has 1 saturated heterocycles. The molecule has 7 heteroatoms. The molecule has 0 saturated carbocycles. The normalized spacial score (nSPS) is 14.1. The first kappa shape index (κ1) is 21.9. The lowest BCUT2D eigenvalue weighted by Gasteiger charge is -2.35. The van der Waals surface area contributed by atoms with Crippen molar-refractivity contribution in [2.24, 2.45) is 0 Å². The zero-order valence-corrected chi connectivity index (χ0v) is 18.8. The Morgan fingerprint density at radius 2 is 1.75 bits per heavy atom. The summed E-state index contributed by atoms with van der Waals surface area (Å²) in [5, 5.41) is 0. The van der Waals surface area contributed by atoms with Gasteiger partial charge >= 0.3 is 6.01 Å². The molecule has 2 aromatic carbocycles. The lowest BCUT2D eigenvalue weighted by Crippen LogP contribution is -2.48. The third-order valence-electron chi connectivity index (χ3n) is 6.08. The van der Waals surface area contributed by atoms with Crippen molar-refractivity contribution in [2.45, 2.75) is 32.6 Å². The summed E-state index contributed by atoms with van der Waals surface area (Å²) in [6.45, 7) is 4.60. The molecule has 4 rings (SSSR count).